The third-order valence-corrected chi connectivity index (χ3v) is 3.59. The van der Waals surface area contributed by atoms with Gasteiger partial charge >= 0.3 is 12.1 Å². The highest BCUT2D eigenvalue weighted by Crippen LogP contribution is 2.01. The molecular formula is C19H17N3O5. The third kappa shape index (κ3) is 5.15. The van der Waals surface area contributed by atoms with Gasteiger partial charge in [-0.3, -0.25) is 14.0 Å². The topological polar surface area (TPSA) is 99.0 Å². The highest BCUT2D eigenvalue weighted by atomic mass is 16.6. The molecule has 0 aliphatic carbocycles. The van der Waals surface area contributed by atoms with E-state index in [1.807, 2.05) is 30.3 Å². The molecule has 2 aromatic heterocycles. The van der Waals surface area contributed by atoms with E-state index < -0.39 is 12.1 Å². The second-order valence-corrected chi connectivity index (χ2v) is 5.59. The molecule has 8 nitrogen and oxygen atoms in total. The molecule has 1 amide bonds. The summed E-state index contributed by atoms with van der Waals surface area (Å²) < 4.78 is 11.4. The zero-order chi connectivity index (χ0) is 19.1. The number of aromatic nitrogens is 2. The van der Waals surface area contributed by atoms with Crippen molar-refractivity contribution < 1.29 is 19.1 Å². The van der Waals surface area contributed by atoms with E-state index in [1.165, 1.54) is 10.5 Å². The number of benzene rings is 1. The Labute approximate surface area is 154 Å². The predicted molar refractivity (Wildman–Crippen MR) is 95.9 cm³/mol. The van der Waals surface area contributed by atoms with Crippen LogP contribution in [0.25, 0.3) is 5.65 Å². The van der Waals surface area contributed by atoms with Crippen LogP contribution in [0.1, 0.15) is 11.3 Å². The molecule has 0 bridgehead atoms. The van der Waals surface area contributed by atoms with E-state index in [0.717, 1.165) is 5.56 Å². The molecule has 0 aliphatic heterocycles. The maximum atomic E-state index is 12.0. The van der Waals surface area contributed by atoms with Gasteiger partial charge in [-0.25, -0.2) is 9.78 Å². The number of nitrogens with zero attached hydrogens (tertiary/aromatic N) is 2. The molecule has 1 aromatic carbocycles. The fourth-order valence-corrected chi connectivity index (χ4v) is 2.30. The number of carbonyl (C=O) groups is 2. The lowest BCUT2D eigenvalue weighted by molar-refractivity contribution is -0.143. The van der Waals surface area contributed by atoms with Crippen molar-refractivity contribution in [2.45, 2.75) is 13.2 Å². The first-order valence-electron chi connectivity index (χ1n) is 8.19. The summed E-state index contributed by atoms with van der Waals surface area (Å²) in [6, 6.07) is 15.6. The number of fused-ring (bicyclic) bond motifs is 1. The van der Waals surface area contributed by atoms with Gasteiger partial charge in [-0.15, -0.1) is 0 Å². The molecule has 3 aromatic rings. The summed E-state index contributed by atoms with van der Waals surface area (Å²) in [5.74, 6) is -0.665. The first-order valence-corrected chi connectivity index (χ1v) is 8.19. The zero-order valence-corrected chi connectivity index (χ0v) is 14.3. The van der Waals surface area contributed by atoms with Gasteiger partial charge in [0.2, 0.25) is 0 Å². The molecule has 2 heterocycles. The smallest absolute Gasteiger partial charge is 0.407 e. The van der Waals surface area contributed by atoms with Crippen LogP contribution in [0.5, 0.6) is 0 Å². The summed E-state index contributed by atoms with van der Waals surface area (Å²) in [6.45, 7) is -0.410. The van der Waals surface area contributed by atoms with Gasteiger partial charge in [0.1, 0.15) is 25.4 Å². The molecular weight excluding hydrogens is 350 g/mol. The standard InChI is InChI=1S/C19H17N3O5/c23-17-10-15(21-16-8-4-5-9-22(16)17)13-26-18(24)11-20-19(25)27-12-14-6-2-1-3-7-14/h1-10H,11-13H2,(H,20,25). The molecule has 0 saturated carbocycles. The van der Waals surface area contributed by atoms with Crippen LogP contribution in [-0.4, -0.2) is 28.0 Å². The van der Waals surface area contributed by atoms with Crippen molar-refractivity contribution in [3.8, 4) is 0 Å². The maximum Gasteiger partial charge on any atom is 0.407 e. The van der Waals surface area contributed by atoms with Crippen LogP contribution in [0.3, 0.4) is 0 Å². The number of hydrogen-bond acceptors (Lipinski definition) is 6. The van der Waals surface area contributed by atoms with Crippen molar-refractivity contribution in [2.75, 3.05) is 6.54 Å². The monoisotopic (exact) mass is 367 g/mol. The van der Waals surface area contributed by atoms with Crippen molar-refractivity contribution in [3.63, 3.8) is 0 Å². The van der Waals surface area contributed by atoms with Gasteiger partial charge in [0.25, 0.3) is 5.56 Å². The lowest BCUT2D eigenvalue weighted by atomic mass is 10.2. The summed E-state index contributed by atoms with van der Waals surface area (Å²) in [5, 5.41) is 2.31. The SMILES string of the molecule is O=C(CNC(=O)OCc1ccccc1)OCc1cc(=O)n2ccccc2n1. The number of carbonyl (C=O) groups excluding carboxylic acids is 2. The molecule has 0 atom stereocenters. The minimum absolute atomic E-state index is 0.104. The zero-order valence-electron chi connectivity index (χ0n) is 14.3. The highest BCUT2D eigenvalue weighted by Gasteiger charge is 2.09. The van der Waals surface area contributed by atoms with Crippen LogP contribution in [-0.2, 0) is 27.5 Å². The molecule has 0 unspecified atom stereocenters. The number of pyridine rings is 1. The maximum absolute atomic E-state index is 12.0. The van der Waals surface area contributed by atoms with Crippen molar-refractivity contribution in [3.05, 3.63) is 82.4 Å². The average Bonchev–Trinajstić information content (AvgIpc) is 2.70. The van der Waals surface area contributed by atoms with Crippen molar-refractivity contribution >= 4 is 17.7 Å². The minimum Gasteiger partial charge on any atom is -0.458 e. The number of ether oxygens (including phenoxy) is 2. The third-order valence-electron chi connectivity index (χ3n) is 3.59. The Morgan fingerprint density at radius 1 is 1.00 bits per heavy atom. The molecule has 1 N–H and O–H groups in total. The minimum atomic E-state index is -0.724. The Kier molecular flexibility index (Phi) is 5.78. The lowest BCUT2D eigenvalue weighted by Crippen LogP contribution is -2.31. The summed E-state index contributed by atoms with van der Waals surface area (Å²) in [4.78, 5) is 39.5. The Hall–Kier alpha value is -3.68. The van der Waals surface area contributed by atoms with Crippen molar-refractivity contribution in [2.24, 2.45) is 0 Å². The Morgan fingerprint density at radius 3 is 2.59 bits per heavy atom. The Bertz CT molecular complexity index is 1000. The van der Waals surface area contributed by atoms with Crippen LogP contribution >= 0.6 is 0 Å². The molecule has 27 heavy (non-hydrogen) atoms. The van der Waals surface area contributed by atoms with E-state index in [1.54, 1.807) is 24.4 Å². The number of hydrogen-bond donors (Lipinski definition) is 1. The second kappa shape index (κ2) is 8.61. The fraction of sp³-hybridized carbons (Fsp3) is 0.158. The van der Waals surface area contributed by atoms with E-state index in [2.05, 4.69) is 10.3 Å². The van der Waals surface area contributed by atoms with Gasteiger partial charge in [-0.1, -0.05) is 36.4 Å². The molecule has 138 valence electrons. The summed E-state index contributed by atoms with van der Waals surface area (Å²) >= 11 is 0. The number of amides is 1. The van der Waals surface area contributed by atoms with Crippen LogP contribution in [0.15, 0.2) is 65.6 Å². The molecule has 0 saturated heterocycles. The summed E-state index contributed by atoms with van der Waals surface area (Å²) in [5.41, 5.74) is 1.35. The van der Waals surface area contributed by atoms with E-state index in [0.29, 0.717) is 11.3 Å². The molecule has 0 fully saturated rings. The van der Waals surface area contributed by atoms with Crippen molar-refractivity contribution in [1.29, 1.82) is 0 Å². The number of rotatable bonds is 6. The molecule has 0 spiro atoms. The number of alkyl carbamates (subject to hydrolysis) is 1. The van der Waals surface area contributed by atoms with E-state index in [-0.39, 0.29) is 25.3 Å². The molecule has 0 aliphatic rings. The number of nitrogens with one attached hydrogen (secondary N) is 1. The molecule has 3 rings (SSSR count). The van der Waals surface area contributed by atoms with Crippen LogP contribution in [0.4, 0.5) is 4.79 Å². The van der Waals surface area contributed by atoms with Gasteiger partial charge in [-0.2, -0.15) is 0 Å². The van der Waals surface area contributed by atoms with Gasteiger partial charge in [-0.05, 0) is 17.7 Å². The van der Waals surface area contributed by atoms with Gasteiger partial charge in [0.05, 0.1) is 5.69 Å². The van der Waals surface area contributed by atoms with E-state index >= 15 is 0 Å². The van der Waals surface area contributed by atoms with Gasteiger partial charge < -0.3 is 14.8 Å². The average molecular weight is 367 g/mol. The summed E-state index contributed by atoms with van der Waals surface area (Å²) in [7, 11) is 0. The van der Waals surface area contributed by atoms with Crippen LogP contribution in [0.2, 0.25) is 0 Å². The van der Waals surface area contributed by atoms with Crippen molar-refractivity contribution in [1.82, 2.24) is 14.7 Å². The number of esters is 1. The van der Waals surface area contributed by atoms with E-state index in [9.17, 15) is 14.4 Å². The predicted octanol–water partition coefficient (Wildman–Crippen LogP) is 1.66. The fourth-order valence-electron chi connectivity index (χ4n) is 2.30. The quantitative estimate of drug-likeness (QED) is 0.666. The Balaban J connectivity index is 1.44. The first-order chi connectivity index (χ1) is 13.1. The second-order valence-electron chi connectivity index (χ2n) is 5.59. The largest absolute Gasteiger partial charge is 0.458 e. The Morgan fingerprint density at radius 2 is 1.78 bits per heavy atom. The summed E-state index contributed by atoms with van der Waals surface area (Å²) in [6.07, 6.45) is 0.878. The van der Waals surface area contributed by atoms with Gasteiger partial charge in [0, 0.05) is 12.3 Å². The first kappa shape index (κ1) is 18.1. The van der Waals surface area contributed by atoms with Crippen LogP contribution < -0.4 is 10.9 Å². The van der Waals surface area contributed by atoms with Gasteiger partial charge in [0.15, 0.2) is 0 Å². The highest BCUT2D eigenvalue weighted by molar-refractivity contribution is 5.77. The molecule has 8 heteroatoms. The lowest BCUT2D eigenvalue weighted by Gasteiger charge is -2.08. The van der Waals surface area contributed by atoms with E-state index in [4.69, 9.17) is 9.47 Å². The normalized spacial score (nSPS) is 10.4. The van der Waals surface area contributed by atoms with Crippen LogP contribution in [0, 0.1) is 0 Å². The molecule has 0 radical (unpaired) electrons.